The van der Waals surface area contributed by atoms with Crippen LogP contribution in [0.1, 0.15) is 10.4 Å². The summed E-state index contributed by atoms with van der Waals surface area (Å²) in [7, 11) is 0. The van der Waals surface area contributed by atoms with Gasteiger partial charge in [-0.1, -0.05) is 0 Å². The first-order valence-electron chi connectivity index (χ1n) is 5.01. The Hall–Kier alpha value is -1.76. The minimum absolute atomic E-state index is 0.0439. The number of halogens is 2. The fourth-order valence-corrected chi connectivity index (χ4v) is 1.32. The van der Waals surface area contributed by atoms with Crippen LogP contribution >= 0.6 is 0 Å². The number of pyridine rings is 1. The van der Waals surface area contributed by atoms with Gasteiger partial charge in [0.1, 0.15) is 0 Å². The first-order chi connectivity index (χ1) is 8.04. The van der Waals surface area contributed by atoms with E-state index in [0.717, 1.165) is 11.0 Å². The smallest absolute Gasteiger partial charge is 0.255 e. The Bertz CT molecular complexity index is 413. The second kappa shape index (κ2) is 6.09. The number of carbonyl (C=O) groups excluding carboxylic acids is 1. The highest BCUT2D eigenvalue weighted by atomic mass is 19.3. The number of H-pyrrole nitrogens is 1. The van der Waals surface area contributed by atoms with E-state index in [1.807, 2.05) is 0 Å². The van der Waals surface area contributed by atoms with Crippen molar-refractivity contribution >= 4 is 5.91 Å². The molecule has 1 amide bonds. The predicted molar refractivity (Wildman–Crippen MR) is 58.0 cm³/mol. The van der Waals surface area contributed by atoms with Gasteiger partial charge in [0, 0.05) is 25.4 Å². The molecule has 0 fully saturated rings. The summed E-state index contributed by atoms with van der Waals surface area (Å²) < 4.78 is 24.5. The average molecular weight is 245 g/mol. The Labute approximate surface area is 96.2 Å². The molecular weight excluding hydrogens is 232 g/mol. The predicted octanol–water partition coefficient (Wildman–Crippen LogP) is 0.0409. The topological polar surface area (TPSA) is 79.2 Å². The molecule has 0 saturated heterocycles. The number of rotatable bonds is 5. The molecule has 1 aromatic heterocycles. The van der Waals surface area contributed by atoms with Crippen molar-refractivity contribution in [3.05, 3.63) is 34.2 Å². The zero-order valence-corrected chi connectivity index (χ0v) is 9.03. The van der Waals surface area contributed by atoms with Crippen LogP contribution in [-0.4, -0.2) is 41.9 Å². The molecule has 0 aliphatic rings. The fraction of sp³-hybridized carbons (Fsp3) is 0.400. The summed E-state index contributed by atoms with van der Waals surface area (Å²) in [5.41, 5.74) is 5.04. The summed E-state index contributed by atoms with van der Waals surface area (Å²) in [4.78, 5) is 25.9. The molecule has 5 nitrogen and oxygen atoms in total. The maximum absolute atomic E-state index is 12.3. The molecular formula is C10H13F2N3O2. The van der Waals surface area contributed by atoms with E-state index < -0.39 is 18.9 Å². The SMILES string of the molecule is NCCN(CC(F)F)C(=O)c1ccc(=O)[nH]c1. The van der Waals surface area contributed by atoms with Crippen molar-refractivity contribution in [3.63, 3.8) is 0 Å². The Morgan fingerprint density at radius 2 is 2.18 bits per heavy atom. The van der Waals surface area contributed by atoms with Crippen molar-refractivity contribution in [1.29, 1.82) is 0 Å². The Balaban J connectivity index is 2.83. The Morgan fingerprint density at radius 1 is 1.47 bits per heavy atom. The number of nitrogens with one attached hydrogen (secondary N) is 1. The Kier molecular flexibility index (Phi) is 4.77. The lowest BCUT2D eigenvalue weighted by Crippen LogP contribution is -2.38. The number of amides is 1. The van der Waals surface area contributed by atoms with Crippen LogP contribution in [-0.2, 0) is 0 Å². The maximum atomic E-state index is 12.3. The summed E-state index contributed by atoms with van der Waals surface area (Å²) >= 11 is 0. The van der Waals surface area contributed by atoms with Gasteiger partial charge >= 0.3 is 0 Å². The van der Waals surface area contributed by atoms with Crippen LogP contribution in [0.15, 0.2) is 23.1 Å². The molecule has 0 bridgehead atoms. The van der Waals surface area contributed by atoms with Crippen LogP contribution in [0.4, 0.5) is 8.78 Å². The van der Waals surface area contributed by atoms with Crippen molar-refractivity contribution in [1.82, 2.24) is 9.88 Å². The van der Waals surface area contributed by atoms with Crippen LogP contribution in [0, 0.1) is 0 Å². The molecule has 0 aliphatic heterocycles. The third kappa shape index (κ3) is 3.95. The lowest BCUT2D eigenvalue weighted by Gasteiger charge is -2.21. The van der Waals surface area contributed by atoms with Crippen molar-refractivity contribution in [2.45, 2.75) is 6.43 Å². The van der Waals surface area contributed by atoms with Crippen LogP contribution in [0.2, 0.25) is 0 Å². The number of nitrogens with two attached hydrogens (primary N) is 1. The van der Waals surface area contributed by atoms with Gasteiger partial charge in [-0.25, -0.2) is 8.78 Å². The van der Waals surface area contributed by atoms with Crippen LogP contribution in [0.25, 0.3) is 0 Å². The van der Waals surface area contributed by atoms with Crippen LogP contribution in [0.5, 0.6) is 0 Å². The second-order valence-electron chi connectivity index (χ2n) is 3.37. The molecule has 0 aliphatic carbocycles. The van der Waals surface area contributed by atoms with Gasteiger partial charge in [-0.15, -0.1) is 0 Å². The van der Waals surface area contributed by atoms with E-state index in [2.05, 4.69) is 4.98 Å². The lowest BCUT2D eigenvalue weighted by molar-refractivity contribution is 0.0562. The van der Waals surface area contributed by atoms with Gasteiger partial charge in [-0.05, 0) is 6.07 Å². The quantitative estimate of drug-likeness (QED) is 0.768. The molecule has 0 aromatic carbocycles. The highest BCUT2D eigenvalue weighted by molar-refractivity contribution is 5.93. The van der Waals surface area contributed by atoms with Crippen molar-refractivity contribution in [3.8, 4) is 0 Å². The minimum Gasteiger partial charge on any atom is -0.332 e. The Morgan fingerprint density at radius 3 is 2.65 bits per heavy atom. The number of hydrogen-bond acceptors (Lipinski definition) is 3. The zero-order chi connectivity index (χ0) is 12.8. The third-order valence-electron chi connectivity index (χ3n) is 2.08. The lowest BCUT2D eigenvalue weighted by atomic mass is 10.2. The number of hydrogen-bond donors (Lipinski definition) is 2. The van der Waals surface area contributed by atoms with E-state index in [4.69, 9.17) is 5.73 Å². The highest BCUT2D eigenvalue weighted by Gasteiger charge is 2.18. The number of nitrogens with zero attached hydrogens (tertiary/aromatic N) is 1. The first-order valence-corrected chi connectivity index (χ1v) is 5.01. The van der Waals surface area contributed by atoms with Crippen LogP contribution in [0.3, 0.4) is 0 Å². The zero-order valence-electron chi connectivity index (χ0n) is 9.03. The molecule has 1 heterocycles. The number of carbonyl (C=O) groups is 1. The van der Waals surface area contributed by atoms with E-state index in [1.165, 1.54) is 12.3 Å². The molecule has 0 unspecified atom stereocenters. The largest absolute Gasteiger partial charge is 0.332 e. The molecule has 17 heavy (non-hydrogen) atoms. The van der Waals surface area contributed by atoms with Gasteiger partial charge < -0.3 is 15.6 Å². The van der Waals surface area contributed by atoms with E-state index in [0.29, 0.717) is 0 Å². The summed E-state index contributed by atoms with van der Waals surface area (Å²) in [5.74, 6) is -0.577. The molecule has 1 aromatic rings. The van der Waals surface area contributed by atoms with Gasteiger partial charge in [0.2, 0.25) is 5.56 Å². The maximum Gasteiger partial charge on any atom is 0.255 e. The van der Waals surface area contributed by atoms with E-state index in [1.54, 1.807) is 0 Å². The van der Waals surface area contributed by atoms with Gasteiger partial charge in [0.15, 0.2) is 0 Å². The summed E-state index contributed by atoms with van der Waals surface area (Å²) in [5, 5.41) is 0. The van der Waals surface area contributed by atoms with E-state index in [-0.39, 0.29) is 24.2 Å². The van der Waals surface area contributed by atoms with Gasteiger partial charge in [-0.3, -0.25) is 9.59 Å². The molecule has 3 N–H and O–H groups in total. The van der Waals surface area contributed by atoms with Gasteiger partial charge in [0.25, 0.3) is 12.3 Å². The molecule has 0 spiro atoms. The van der Waals surface area contributed by atoms with Crippen LogP contribution < -0.4 is 11.3 Å². The summed E-state index contributed by atoms with van der Waals surface area (Å²) in [6, 6.07) is 2.45. The van der Waals surface area contributed by atoms with Gasteiger partial charge in [-0.2, -0.15) is 0 Å². The molecule has 94 valence electrons. The monoisotopic (exact) mass is 245 g/mol. The standard InChI is InChI=1S/C10H13F2N3O2/c11-8(12)6-15(4-3-13)10(17)7-1-2-9(16)14-5-7/h1-2,5,8H,3-4,6,13H2,(H,14,16). The van der Waals surface area contributed by atoms with Gasteiger partial charge in [0.05, 0.1) is 12.1 Å². The highest BCUT2D eigenvalue weighted by Crippen LogP contribution is 2.05. The van der Waals surface area contributed by atoms with Crippen molar-refractivity contribution < 1.29 is 13.6 Å². The third-order valence-corrected chi connectivity index (χ3v) is 2.08. The molecule has 0 radical (unpaired) electrons. The molecule has 1 rings (SSSR count). The summed E-state index contributed by atoms with van der Waals surface area (Å²) in [6.45, 7) is -0.528. The molecule has 7 heteroatoms. The minimum atomic E-state index is -2.62. The number of alkyl halides is 2. The average Bonchev–Trinajstić information content (AvgIpc) is 2.28. The molecule has 0 saturated carbocycles. The van der Waals surface area contributed by atoms with E-state index in [9.17, 15) is 18.4 Å². The second-order valence-corrected chi connectivity index (χ2v) is 3.37. The first kappa shape index (κ1) is 13.3. The number of aromatic amines is 1. The van der Waals surface area contributed by atoms with E-state index >= 15 is 0 Å². The molecule has 0 atom stereocenters. The fourth-order valence-electron chi connectivity index (χ4n) is 1.32. The number of aromatic nitrogens is 1. The normalized spacial score (nSPS) is 10.6. The summed E-state index contributed by atoms with van der Waals surface area (Å²) in [6.07, 6.45) is -1.42. The van der Waals surface area contributed by atoms with Crippen molar-refractivity contribution in [2.75, 3.05) is 19.6 Å². The van der Waals surface area contributed by atoms with Crippen molar-refractivity contribution in [2.24, 2.45) is 5.73 Å².